The first-order valence-electron chi connectivity index (χ1n) is 6.24. The Morgan fingerprint density at radius 1 is 1.00 bits per heavy atom. The molecular weight excluding hydrogens is 367 g/mol. The third kappa shape index (κ3) is 2.78. The molecule has 3 aromatic rings. The summed E-state index contributed by atoms with van der Waals surface area (Å²) in [7, 11) is -4.00. The summed E-state index contributed by atoms with van der Waals surface area (Å²) in [5.74, 6) is -1.24. The minimum atomic E-state index is -4.00. The van der Waals surface area contributed by atoms with E-state index in [4.69, 9.17) is 23.2 Å². The van der Waals surface area contributed by atoms with Gasteiger partial charge in [0, 0.05) is 17.6 Å². The molecule has 2 aromatic carbocycles. The van der Waals surface area contributed by atoms with Crippen molar-refractivity contribution in [3.8, 4) is 0 Å². The van der Waals surface area contributed by atoms with Crippen LogP contribution in [-0.2, 0) is 9.84 Å². The van der Waals surface area contributed by atoms with Gasteiger partial charge in [0.25, 0.3) is 0 Å². The van der Waals surface area contributed by atoms with Crippen LogP contribution in [-0.4, -0.2) is 13.4 Å². The van der Waals surface area contributed by atoms with Gasteiger partial charge in [-0.2, -0.15) is 0 Å². The highest BCUT2D eigenvalue weighted by Crippen LogP contribution is 2.34. The number of pyridine rings is 1. The van der Waals surface area contributed by atoms with Crippen molar-refractivity contribution in [2.24, 2.45) is 0 Å². The Kier molecular flexibility index (Phi) is 4.00. The number of fused-ring (bicyclic) bond motifs is 1. The highest BCUT2D eigenvalue weighted by molar-refractivity contribution is 7.91. The minimum Gasteiger partial charge on any atom is -0.255 e. The first kappa shape index (κ1) is 16.1. The topological polar surface area (TPSA) is 47.0 Å². The molecule has 0 atom stereocenters. The molecule has 1 heterocycles. The summed E-state index contributed by atoms with van der Waals surface area (Å²) >= 11 is 11.9. The monoisotopic (exact) mass is 373 g/mol. The molecule has 0 amide bonds. The number of halogens is 4. The van der Waals surface area contributed by atoms with Gasteiger partial charge in [-0.1, -0.05) is 23.2 Å². The smallest absolute Gasteiger partial charge is 0.209 e. The molecule has 0 aliphatic heterocycles. The molecule has 0 saturated heterocycles. The lowest BCUT2D eigenvalue weighted by Crippen LogP contribution is -2.04. The summed E-state index contributed by atoms with van der Waals surface area (Å²) in [4.78, 5) is 3.52. The Morgan fingerprint density at radius 3 is 2.30 bits per heavy atom. The van der Waals surface area contributed by atoms with Gasteiger partial charge >= 0.3 is 0 Å². The number of benzene rings is 2. The number of nitrogens with zero attached hydrogens (tertiary/aromatic N) is 1. The van der Waals surface area contributed by atoms with Crippen molar-refractivity contribution in [2.45, 2.75) is 9.79 Å². The summed E-state index contributed by atoms with van der Waals surface area (Å²) in [6, 6.07) is 6.59. The molecule has 23 heavy (non-hydrogen) atoms. The summed E-state index contributed by atoms with van der Waals surface area (Å²) in [6.45, 7) is 0. The van der Waals surface area contributed by atoms with Crippen molar-refractivity contribution in [1.82, 2.24) is 4.98 Å². The molecule has 8 heteroatoms. The van der Waals surface area contributed by atoms with Crippen LogP contribution >= 0.6 is 23.2 Å². The van der Waals surface area contributed by atoms with Gasteiger partial charge in [-0.25, -0.2) is 17.2 Å². The van der Waals surface area contributed by atoms with E-state index in [0.717, 1.165) is 36.5 Å². The average Bonchev–Trinajstić information content (AvgIpc) is 2.50. The Balaban J connectivity index is 2.25. The SMILES string of the molecule is O=S(=O)(c1ccc(F)cc1)c1cnc2cc(F)c(Cl)cc2c1Cl. The van der Waals surface area contributed by atoms with Gasteiger partial charge in [0.1, 0.15) is 16.5 Å². The normalized spacial score (nSPS) is 11.8. The van der Waals surface area contributed by atoms with Gasteiger partial charge in [0.15, 0.2) is 0 Å². The van der Waals surface area contributed by atoms with Gasteiger partial charge in [0.2, 0.25) is 9.84 Å². The van der Waals surface area contributed by atoms with Gasteiger partial charge in [0.05, 0.1) is 20.5 Å². The maximum atomic E-state index is 13.4. The van der Waals surface area contributed by atoms with Gasteiger partial charge in [-0.05, 0) is 30.3 Å². The van der Waals surface area contributed by atoms with Crippen LogP contribution in [0, 0.1) is 11.6 Å². The van der Waals surface area contributed by atoms with Crippen molar-refractivity contribution >= 4 is 43.9 Å². The van der Waals surface area contributed by atoms with E-state index in [9.17, 15) is 17.2 Å². The number of sulfone groups is 1. The zero-order valence-corrected chi connectivity index (χ0v) is 13.6. The average molecular weight is 374 g/mol. The zero-order chi connectivity index (χ0) is 16.8. The van der Waals surface area contributed by atoms with E-state index in [0.29, 0.717) is 0 Å². The summed E-state index contributed by atoms with van der Waals surface area (Å²) in [5.41, 5.74) is 0.176. The fourth-order valence-corrected chi connectivity index (χ4v) is 4.02. The highest BCUT2D eigenvalue weighted by atomic mass is 35.5. The minimum absolute atomic E-state index is 0.124. The van der Waals surface area contributed by atoms with E-state index in [1.165, 1.54) is 6.07 Å². The molecule has 0 fully saturated rings. The Labute approximate surface area is 140 Å². The van der Waals surface area contributed by atoms with Crippen LogP contribution in [0.4, 0.5) is 8.78 Å². The van der Waals surface area contributed by atoms with Crippen LogP contribution in [0.25, 0.3) is 10.9 Å². The van der Waals surface area contributed by atoms with E-state index in [-0.39, 0.29) is 30.7 Å². The quantitative estimate of drug-likeness (QED) is 0.614. The summed E-state index contributed by atoms with van der Waals surface area (Å²) < 4.78 is 51.6. The fraction of sp³-hybridized carbons (Fsp3) is 0. The molecule has 0 aliphatic rings. The second-order valence-electron chi connectivity index (χ2n) is 4.68. The van der Waals surface area contributed by atoms with Crippen molar-refractivity contribution in [3.63, 3.8) is 0 Å². The third-order valence-corrected chi connectivity index (χ3v) is 5.82. The van der Waals surface area contributed by atoms with E-state index in [2.05, 4.69) is 4.98 Å². The molecule has 1 aromatic heterocycles. The predicted octanol–water partition coefficient (Wildman–Crippen LogP) is 4.65. The second kappa shape index (κ2) is 5.70. The molecule has 0 N–H and O–H groups in total. The lowest BCUT2D eigenvalue weighted by Gasteiger charge is -2.09. The van der Waals surface area contributed by atoms with Crippen LogP contribution in [0.5, 0.6) is 0 Å². The molecule has 0 radical (unpaired) electrons. The second-order valence-corrected chi connectivity index (χ2v) is 7.38. The van der Waals surface area contributed by atoms with Crippen molar-refractivity contribution in [3.05, 3.63) is 64.3 Å². The zero-order valence-electron chi connectivity index (χ0n) is 11.2. The molecule has 118 valence electrons. The van der Waals surface area contributed by atoms with Crippen LogP contribution in [0.2, 0.25) is 10.0 Å². The van der Waals surface area contributed by atoms with Gasteiger partial charge < -0.3 is 0 Å². The molecular formula is C15H7Cl2F2NO2S. The number of hydrogen-bond donors (Lipinski definition) is 0. The highest BCUT2D eigenvalue weighted by Gasteiger charge is 2.23. The maximum absolute atomic E-state index is 13.4. The molecule has 0 saturated carbocycles. The van der Waals surface area contributed by atoms with Crippen LogP contribution in [0.3, 0.4) is 0 Å². The number of rotatable bonds is 2. The fourth-order valence-electron chi connectivity index (χ4n) is 2.06. The first-order valence-corrected chi connectivity index (χ1v) is 8.48. The van der Waals surface area contributed by atoms with Gasteiger partial charge in [-0.3, -0.25) is 4.98 Å². The van der Waals surface area contributed by atoms with Crippen molar-refractivity contribution in [2.75, 3.05) is 0 Å². The van der Waals surface area contributed by atoms with E-state index < -0.39 is 21.5 Å². The molecule has 0 unspecified atom stereocenters. The molecule has 0 aliphatic carbocycles. The number of aromatic nitrogens is 1. The van der Waals surface area contributed by atoms with Crippen molar-refractivity contribution < 1.29 is 17.2 Å². The maximum Gasteiger partial charge on any atom is 0.209 e. The van der Waals surface area contributed by atoms with E-state index in [1.807, 2.05) is 0 Å². The Bertz CT molecular complexity index is 1020. The molecule has 3 rings (SSSR count). The van der Waals surface area contributed by atoms with Crippen molar-refractivity contribution in [1.29, 1.82) is 0 Å². The first-order chi connectivity index (χ1) is 10.8. The Hall–Kier alpha value is -1.76. The summed E-state index contributed by atoms with van der Waals surface area (Å²) in [5, 5.41) is -0.111. The van der Waals surface area contributed by atoms with Crippen LogP contribution < -0.4 is 0 Å². The van der Waals surface area contributed by atoms with Gasteiger partial charge in [-0.15, -0.1) is 0 Å². The molecule has 0 bridgehead atoms. The standard InChI is InChI=1S/C15H7Cl2F2NO2S/c16-11-5-10-13(6-12(11)19)20-7-14(15(10)17)23(21,22)9-3-1-8(18)2-4-9/h1-7H. The van der Waals surface area contributed by atoms with Crippen LogP contribution in [0.1, 0.15) is 0 Å². The lowest BCUT2D eigenvalue weighted by atomic mass is 10.2. The van der Waals surface area contributed by atoms with E-state index in [1.54, 1.807) is 0 Å². The number of hydrogen-bond acceptors (Lipinski definition) is 3. The summed E-state index contributed by atoms with van der Waals surface area (Å²) in [6.07, 6.45) is 1.04. The van der Waals surface area contributed by atoms with E-state index >= 15 is 0 Å². The largest absolute Gasteiger partial charge is 0.255 e. The molecule has 3 nitrogen and oxygen atoms in total. The predicted molar refractivity (Wildman–Crippen MR) is 83.6 cm³/mol. The molecule has 0 spiro atoms. The lowest BCUT2D eigenvalue weighted by molar-refractivity contribution is 0.594. The third-order valence-electron chi connectivity index (χ3n) is 3.23. The Morgan fingerprint density at radius 2 is 1.65 bits per heavy atom. The van der Waals surface area contributed by atoms with Crippen LogP contribution in [0.15, 0.2) is 52.4 Å².